The molecule has 7 heteroatoms. The summed E-state index contributed by atoms with van der Waals surface area (Å²) in [5.74, 6) is 0.687. The number of hydrogen-bond donors (Lipinski definition) is 1. The third-order valence-electron chi connectivity index (χ3n) is 6.72. The topological polar surface area (TPSA) is 66.8 Å². The van der Waals surface area contributed by atoms with E-state index in [0.29, 0.717) is 5.02 Å². The molecule has 1 fully saturated rings. The fraction of sp³-hybridized carbons (Fsp3) is 0.241. The van der Waals surface area contributed by atoms with Crippen LogP contribution in [0.2, 0.25) is 5.02 Å². The van der Waals surface area contributed by atoms with Crippen molar-refractivity contribution < 1.29 is 9.53 Å². The first-order valence-corrected chi connectivity index (χ1v) is 12.5. The highest BCUT2D eigenvalue weighted by Crippen LogP contribution is 2.45. The lowest BCUT2D eigenvalue weighted by Gasteiger charge is -2.39. The van der Waals surface area contributed by atoms with Crippen molar-refractivity contribution in [3.63, 3.8) is 0 Å². The number of fused-ring (bicyclic) bond motifs is 1. The normalized spacial score (nSPS) is 21.8. The molecule has 1 aromatic heterocycles. The van der Waals surface area contributed by atoms with Crippen LogP contribution in [0.15, 0.2) is 65.8 Å². The number of carbonyl (C=O) groups excluding carboxylic acids is 1. The lowest BCUT2D eigenvalue weighted by molar-refractivity contribution is -0.148. The van der Waals surface area contributed by atoms with E-state index in [-0.39, 0.29) is 12.0 Å². The van der Waals surface area contributed by atoms with Crippen molar-refractivity contribution in [2.45, 2.75) is 24.4 Å². The molecule has 0 spiro atoms. The van der Waals surface area contributed by atoms with E-state index in [1.165, 1.54) is 7.11 Å². The maximum absolute atomic E-state index is 13.3. The molecular formula is C29H28ClN4O2. The van der Waals surface area contributed by atoms with E-state index < -0.39 is 5.54 Å². The average molecular weight is 500 g/mol. The summed E-state index contributed by atoms with van der Waals surface area (Å²) in [7, 11) is 1.43. The third-order valence-corrected chi connectivity index (χ3v) is 6.95. The molecule has 1 N–H and O–H groups in total. The Morgan fingerprint density at radius 3 is 2.69 bits per heavy atom. The molecular weight excluding hydrogens is 472 g/mol. The zero-order valence-corrected chi connectivity index (χ0v) is 20.9. The van der Waals surface area contributed by atoms with E-state index in [1.54, 1.807) is 6.20 Å². The Morgan fingerprint density at radius 1 is 1.11 bits per heavy atom. The Labute approximate surface area is 217 Å². The second-order valence-corrected chi connectivity index (χ2v) is 9.32. The fourth-order valence-electron chi connectivity index (χ4n) is 5.01. The minimum atomic E-state index is -1.14. The maximum Gasteiger partial charge on any atom is 0.340 e. The van der Waals surface area contributed by atoms with Gasteiger partial charge in [0.05, 0.1) is 25.0 Å². The lowest BCUT2D eigenvalue weighted by atomic mass is 9.76. The average Bonchev–Trinajstić information content (AvgIpc) is 3.57. The summed E-state index contributed by atoms with van der Waals surface area (Å²) < 4.78 is 5.30. The number of rotatable bonds is 9. The second-order valence-electron chi connectivity index (χ2n) is 8.88. The summed E-state index contributed by atoms with van der Waals surface area (Å²) in [6.45, 7) is 1.58. The van der Waals surface area contributed by atoms with Crippen LogP contribution in [-0.2, 0) is 15.1 Å². The van der Waals surface area contributed by atoms with Crippen LogP contribution in [0.5, 0.6) is 0 Å². The van der Waals surface area contributed by atoms with Gasteiger partial charge in [-0.1, -0.05) is 41.9 Å². The predicted octanol–water partition coefficient (Wildman–Crippen LogP) is 5.27. The number of anilines is 1. The summed E-state index contributed by atoms with van der Waals surface area (Å²) in [6.07, 6.45) is 13.6. The Balaban J connectivity index is 1.27. The van der Waals surface area contributed by atoms with Gasteiger partial charge in [-0.2, -0.15) is 0 Å². The van der Waals surface area contributed by atoms with Gasteiger partial charge in [0.25, 0.3) is 0 Å². The van der Waals surface area contributed by atoms with Crippen LogP contribution in [-0.4, -0.2) is 48.4 Å². The zero-order chi connectivity index (χ0) is 25.0. The number of carbonyl (C=O) groups is 1. The number of halogens is 1. The van der Waals surface area contributed by atoms with Crippen LogP contribution in [0, 0.1) is 31.6 Å². The number of ether oxygens (including phenoxy) is 1. The third kappa shape index (κ3) is 4.66. The quantitative estimate of drug-likeness (QED) is 0.321. The molecule has 183 valence electrons. The van der Waals surface area contributed by atoms with Gasteiger partial charge in [0.15, 0.2) is 0 Å². The van der Waals surface area contributed by atoms with Gasteiger partial charge in [-0.05, 0) is 68.4 Å². The van der Waals surface area contributed by atoms with Crippen LogP contribution in [0.25, 0.3) is 10.9 Å². The van der Waals surface area contributed by atoms with E-state index in [2.05, 4.69) is 28.0 Å². The molecule has 0 amide bonds. The number of nitrogens with one attached hydrogen (secondary N) is 1. The number of benzene rings is 2. The smallest absolute Gasteiger partial charge is 0.340 e. The number of esters is 1. The Kier molecular flexibility index (Phi) is 7.42. The van der Waals surface area contributed by atoms with Crippen molar-refractivity contribution >= 4 is 40.5 Å². The number of methoxy groups -OCH3 is 1. The zero-order valence-electron chi connectivity index (χ0n) is 20.1. The Morgan fingerprint density at radius 2 is 1.92 bits per heavy atom. The summed E-state index contributed by atoms with van der Waals surface area (Å²) in [5.41, 5.74) is 1.61. The van der Waals surface area contributed by atoms with E-state index in [1.807, 2.05) is 73.8 Å². The molecule has 2 atom stereocenters. The number of pyridine rings is 1. The minimum absolute atomic E-state index is 0.274. The molecule has 1 saturated carbocycles. The van der Waals surface area contributed by atoms with Crippen LogP contribution < -0.4 is 5.32 Å². The number of nitrogens with zero attached hydrogens (tertiary/aromatic N) is 3. The van der Waals surface area contributed by atoms with Gasteiger partial charge in [-0.25, -0.2) is 4.79 Å². The molecule has 2 unspecified atom stereocenters. The first-order valence-electron chi connectivity index (χ1n) is 12.1. The van der Waals surface area contributed by atoms with Gasteiger partial charge in [0, 0.05) is 41.3 Å². The van der Waals surface area contributed by atoms with Crippen LogP contribution >= 0.6 is 11.6 Å². The first kappa shape index (κ1) is 24.6. The fourth-order valence-corrected chi connectivity index (χ4v) is 5.18. The highest BCUT2D eigenvalue weighted by molar-refractivity contribution is 6.31. The maximum atomic E-state index is 13.3. The van der Waals surface area contributed by atoms with Crippen LogP contribution in [0.1, 0.15) is 18.4 Å². The van der Waals surface area contributed by atoms with Crippen molar-refractivity contribution in [3.05, 3.63) is 103 Å². The Hall–Kier alpha value is -3.12. The van der Waals surface area contributed by atoms with Gasteiger partial charge >= 0.3 is 5.97 Å². The monoisotopic (exact) mass is 499 g/mol. The molecule has 2 aliphatic rings. The molecule has 3 aromatic rings. The van der Waals surface area contributed by atoms with Crippen molar-refractivity contribution in [3.8, 4) is 0 Å². The van der Waals surface area contributed by atoms with Crippen LogP contribution in [0.3, 0.4) is 0 Å². The summed E-state index contributed by atoms with van der Waals surface area (Å²) in [5, 5.41) is 5.26. The molecule has 5 rings (SSSR count). The number of aliphatic imine (C=N–C) groups is 1. The number of hydrogen-bond acceptors (Lipinski definition) is 6. The molecule has 2 aromatic carbocycles. The first-order chi connectivity index (χ1) is 17.6. The van der Waals surface area contributed by atoms with E-state index in [0.717, 1.165) is 54.0 Å². The molecule has 0 saturated heterocycles. The van der Waals surface area contributed by atoms with E-state index >= 15 is 0 Å². The molecule has 1 aliphatic carbocycles. The van der Waals surface area contributed by atoms with Gasteiger partial charge in [0.2, 0.25) is 5.54 Å². The van der Waals surface area contributed by atoms with E-state index in [9.17, 15) is 4.79 Å². The van der Waals surface area contributed by atoms with Crippen molar-refractivity contribution in [1.29, 1.82) is 0 Å². The molecule has 0 bridgehead atoms. The largest absolute Gasteiger partial charge is 0.467 e. The molecule has 36 heavy (non-hydrogen) atoms. The van der Waals surface area contributed by atoms with Gasteiger partial charge in [0.1, 0.15) is 0 Å². The van der Waals surface area contributed by atoms with Gasteiger partial charge < -0.3 is 15.0 Å². The Bertz CT molecular complexity index is 1230. The summed E-state index contributed by atoms with van der Waals surface area (Å²) >= 11 is 6.11. The molecule has 1 aliphatic heterocycles. The van der Waals surface area contributed by atoms with Crippen molar-refractivity contribution in [1.82, 2.24) is 9.88 Å². The van der Waals surface area contributed by atoms with Crippen molar-refractivity contribution in [2.75, 3.05) is 25.5 Å². The second kappa shape index (κ2) is 10.9. The van der Waals surface area contributed by atoms with Crippen molar-refractivity contribution in [2.24, 2.45) is 4.99 Å². The SMILES string of the molecule is COC(=O)C1(c2ccccc2)N=CN(CCCCNc2ccnc3cc(Cl)ccc23)C1[C]1[CH][CH][CH][CH]1. The highest BCUT2D eigenvalue weighted by Gasteiger charge is 2.56. The highest BCUT2D eigenvalue weighted by atomic mass is 35.5. The van der Waals surface area contributed by atoms with Crippen LogP contribution in [0.4, 0.5) is 5.69 Å². The molecule has 2 heterocycles. The predicted molar refractivity (Wildman–Crippen MR) is 144 cm³/mol. The van der Waals surface area contributed by atoms with E-state index in [4.69, 9.17) is 21.3 Å². The summed E-state index contributed by atoms with van der Waals surface area (Å²) in [6, 6.07) is 17.2. The van der Waals surface area contributed by atoms with Gasteiger partial charge in [-0.15, -0.1) is 0 Å². The molecule has 6 nitrogen and oxygen atoms in total. The minimum Gasteiger partial charge on any atom is -0.467 e. The molecule has 5 radical (unpaired) electrons. The number of unbranched alkanes of at least 4 members (excludes halogenated alkanes) is 1. The van der Waals surface area contributed by atoms with Gasteiger partial charge in [-0.3, -0.25) is 9.98 Å². The standard InChI is InChI=1S/C29H28ClN4O2/c1-36-28(35)29(22-11-3-2-4-12-22)27(21-9-5-6-10-21)34(20-33-29)18-8-7-16-31-25-15-17-32-26-19-23(30)13-14-24(25)26/h2-6,9-15,17,19-20,27H,7-8,16,18H2,1H3,(H,31,32). The number of aromatic nitrogens is 1. The summed E-state index contributed by atoms with van der Waals surface area (Å²) in [4.78, 5) is 24.6. The lowest BCUT2D eigenvalue weighted by Crippen LogP contribution is -2.52.